The minimum Gasteiger partial charge on any atom is -0.463 e. The number of hydrogen-bond donors (Lipinski definition) is 1. The molecule has 1 aromatic carbocycles. The van der Waals surface area contributed by atoms with Crippen LogP contribution in [0.2, 0.25) is 0 Å². The molecule has 0 aliphatic carbocycles. The highest BCUT2D eigenvalue weighted by molar-refractivity contribution is 5.94. The van der Waals surface area contributed by atoms with Gasteiger partial charge in [-0.15, -0.1) is 0 Å². The van der Waals surface area contributed by atoms with Crippen molar-refractivity contribution in [1.29, 1.82) is 0 Å². The van der Waals surface area contributed by atoms with E-state index in [-0.39, 0.29) is 5.56 Å². The van der Waals surface area contributed by atoms with Gasteiger partial charge in [0.05, 0.1) is 6.20 Å². The fourth-order valence-electron chi connectivity index (χ4n) is 3.15. The summed E-state index contributed by atoms with van der Waals surface area (Å²) in [5.41, 5.74) is 3.00. The highest BCUT2D eigenvalue weighted by atomic mass is 19.1. The average Bonchev–Trinajstić information content (AvgIpc) is 3.33. The van der Waals surface area contributed by atoms with E-state index < -0.39 is 6.86 Å². The molecule has 132 valence electrons. The van der Waals surface area contributed by atoms with Crippen LogP contribution in [-0.4, -0.2) is 26.2 Å². The molecule has 0 spiro atoms. The van der Waals surface area contributed by atoms with Gasteiger partial charge in [0.2, 0.25) is 6.86 Å². The van der Waals surface area contributed by atoms with E-state index in [0.717, 1.165) is 16.5 Å². The van der Waals surface area contributed by atoms with E-state index in [1.165, 1.54) is 0 Å². The first-order valence-electron chi connectivity index (χ1n) is 8.25. The van der Waals surface area contributed by atoms with Crippen LogP contribution in [0, 0.1) is 0 Å². The third kappa shape index (κ3) is 2.57. The molecule has 3 heterocycles. The fraction of sp³-hybridized carbons (Fsp3) is 0.158. The second kappa shape index (κ2) is 6.51. The maximum atomic E-state index is 13.1. The summed E-state index contributed by atoms with van der Waals surface area (Å²) in [5, 5.41) is 7.71. The van der Waals surface area contributed by atoms with Crippen LogP contribution < -0.4 is 10.3 Å². The summed E-state index contributed by atoms with van der Waals surface area (Å²) < 4.78 is 20.7. The van der Waals surface area contributed by atoms with Crippen LogP contribution in [0.3, 0.4) is 0 Å². The molecule has 0 aliphatic heterocycles. The molecule has 0 radical (unpaired) electrons. The van der Waals surface area contributed by atoms with Crippen molar-refractivity contribution in [2.24, 2.45) is 0 Å². The van der Waals surface area contributed by atoms with Crippen molar-refractivity contribution in [3.05, 3.63) is 65.5 Å². The maximum Gasteiger partial charge on any atom is 0.279 e. The molecule has 6 nitrogen and oxygen atoms in total. The number of nitrogens with zero attached hydrogens (tertiary/aromatic N) is 3. The Balaban J connectivity index is 1.97. The Kier molecular flexibility index (Phi) is 4.04. The third-order valence-corrected chi connectivity index (χ3v) is 4.42. The summed E-state index contributed by atoms with van der Waals surface area (Å²) in [6.07, 6.45) is 7.24. The molecule has 0 saturated heterocycles. The summed E-state index contributed by atoms with van der Waals surface area (Å²) >= 11 is 0. The lowest BCUT2D eigenvalue weighted by molar-refractivity contribution is 0.192. The number of alkyl halides is 1. The number of H-pyrrole nitrogens is 1. The van der Waals surface area contributed by atoms with E-state index in [1.54, 1.807) is 47.4 Å². The number of ether oxygens (including phenoxy) is 1. The van der Waals surface area contributed by atoms with Crippen molar-refractivity contribution in [2.75, 3.05) is 6.86 Å². The van der Waals surface area contributed by atoms with Crippen LogP contribution in [0.4, 0.5) is 4.39 Å². The van der Waals surface area contributed by atoms with Gasteiger partial charge in [-0.2, -0.15) is 5.10 Å². The molecule has 7 heteroatoms. The number of rotatable bonds is 5. The summed E-state index contributed by atoms with van der Waals surface area (Å²) in [6, 6.07) is 8.70. The van der Waals surface area contributed by atoms with E-state index in [0.29, 0.717) is 23.5 Å². The predicted octanol–water partition coefficient (Wildman–Crippen LogP) is 3.51. The van der Waals surface area contributed by atoms with Gasteiger partial charge in [0.1, 0.15) is 11.3 Å². The monoisotopic (exact) mass is 352 g/mol. The number of aromatic amines is 1. The van der Waals surface area contributed by atoms with Crippen LogP contribution in [0.15, 0.2) is 59.9 Å². The Labute approximate surface area is 148 Å². The lowest BCUT2D eigenvalue weighted by atomic mass is 10.1. The summed E-state index contributed by atoms with van der Waals surface area (Å²) in [4.78, 5) is 13.1. The first-order valence-corrected chi connectivity index (χ1v) is 8.25. The first-order chi connectivity index (χ1) is 12.7. The van der Waals surface area contributed by atoms with Gasteiger partial charge in [0.25, 0.3) is 5.56 Å². The molecule has 0 atom stereocenters. The molecule has 0 bridgehead atoms. The lowest BCUT2D eigenvalue weighted by Crippen LogP contribution is -2.20. The average molecular weight is 352 g/mol. The van der Waals surface area contributed by atoms with Gasteiger partial charge in [0, 0.05) is 47.3 Å². The Morgan fingerprint density at radius 2 is 2.04 bits per heavy atom. The fourth-order valence-corrected chi connectivity index (χ4v) is 3.15. The number of fused-ring (bicyclic) bond motifs is 1. The normalized spacial score (nSPS) is 11.2. The largest absolute Gasteiger partial charge is 0.463 e. The molecule has 3 aromatic heterocycles. The Morgan fingerprint density at radius 3 is 2.69 bits per heavy atom. The van der Waals surface area contributed by atoms with Crippen molar-refractivity contribution in [3.63, 3.8) is 0 Å². The van der Waals surface area contributed by atoms with Gasteiger partial charge in [0.15, 0.2) is 0 Å². The third-order valence-electron chi connectivity index (χ3n) is 4.42. The lowest BCUT2D eigenvalue weighted by Gasteiger charge is -2.12. The Bertz CT molecular complexity index is 1100. The zero-order chi connectivity index (χ0) is 18.1. The molecule has 26 heavy (non-hydrogen) atoms. The highest BCUT2D eigenvalue weighted by Crippen LogP contribution is 2.28. The number of nitrogens with one attached hydrogen (secondary N) is 1. The molecule has 0 fully saturated rings. The van der Waals surface area contributed by atoms with Crippen LogP contribution in [0.5, 0.6) is 5.75 Å². The minimum absolute atomic E-state index is 0.113. The topological polar surface area (TPSA) is 64.8 Å². The van der Waals surface area contributed by atoms with Crippen LogP contribution >= 0.6 is 0 Å². The molecular formula is C19H17FN4O2. The summed E-state index contributed by atoms with van der Waals surface area (Å²) in [6.45, 7) is 1.80. The van der Waals surface area contributed by atoms with Gasteiger partial charge >= 0.3 is 0 Å². The molecule has 4 rings (SSSR count). The number of aryl methyl sites for hydroxylation is 1. The smallest absolute Gasteiger partial charge is 0.279 e. The number of hydrogen-bond acceptors (Lipinski definition) is 3. The second-order valence-corrected chi connectivity index (χ2v) is 5.82. The van der Waals surface area contributed by atoms with Crippen LogP contribution in [0.25, 0.3) is 27.7 Å². The van der Waals surface area contributed by atoms with Gasteiger partial charge in [-0.25, -0.2) is 4.39 Å². The van der Waals surface area contributed by atoms with Gasteiger partial charge in [-0.05, 0) is 37.3 Å². The molecule has 0 aliphatic rings. The zero-order valence-electron chi connectivity index (χ0n) is 14.1. The molecule has 0 amide bonds. The zero-order valence-corrected chi connectivity index (χ0v) is 14.1. The van der Waals surface area contributed by atoms with Gasteiger partial charge in [-0.3, -0.25) is 14.5 Å². The van der Waals surface area contributed by atoms with E-state index in [4.69, 9.17) is 4.74 Å². The van der Waals surface area contributed by atoms with E-state index in [9.17, 15) is 9.18 Å². The van der Waals surface area contributed by atoms with Crippen molar-refractivity contribution in [1.82, 2.24) is 19.3 Å². The van der Waals surface area contributed by atoms with E-state index in [1.807, 2.05) is 23.8 Å². The molecule has 0 unspecified atom stereocenters. The minimum atomic E-state index is -0.889. The quantitative estimate of drug-likeness (QED) is 0.598. The van der Waals surface area contributed by atoms with Gasteiger partial charge in [-0.1, -0.05) is 0 Å². The van der Waals surface area contributed by atoms with Crippen molar-refractivity contribution >= 4 is 10.9 Å². The molecular weight excluding hydrogens is 335 g/mol. The maximum absolute atomic E-state index is 13.1. The number of aromatic nitrogens is 4. The highest BCUT2D eigenvalue weighted by Gasteiger charge is 2.15. The van der Waals surface area contributed by atoms with Crippen molar-refractivity contribution in [3.8, 4) is 22.6 Å². The van der Waals surface area contributed by atoms with Gasteiger partial charge < -0.3 is 9.30 Å². The molecule has 1 N–H and O–H groups in total. The summed E-state index contributed by atoms with van der Waals surface area (Å²) in [5.74, 6) is 0.414. The number of halogens is 1. The molecule has 4 aromatic rings. The SMILES string of the molecule is CCn1ccc2c(-c3cn[nH]c3)cn(-c3ccc(OCF)cc3)c(=O)c21. The number of pyridine rings is 1. The standard InChI is InChI=1S/C19H17FN4O2/c1-2-23-8-7-16-17(13-9-21-22-10-13)11-24(19(25)18(16)23)14-3-5-15(6-4-14)26-12-20/h3-11H,2,12H2,1H3,(H,21,22). The first kappa shape index (κ1) is 16.1. The van der Waals surface area contributed by atoms with Crippen molar-refractivity contribution in [2.45, 2.75) is 13.5 Å². The van der Waals surface area contributed by atoms with Crippen LogP contribution in [0.1, 0.15) is 6.92 Å². The predicted molar refractivity (Wildman–Crippen MR) is 97.4 cm³/mol. The Morgan fingerprint density at radius 1 is 1.23 bits per heavy atom. The van der Waals surface area contributed by atoms with Crippen molar-refractivity contribution < 1.29 is 9.13 Å². The second-order valence-electron chi connectivity index (χ2n) is 5.82. The number of benzene rings is 1. The molecule has 0 saturated carbocycles. The summed E-state index contributed by atoms with van der Waals surface area (Å²) in [7, 11) is 0. The van der Waals surface area contributed by atoms with E-state index >= 15 is 0 Å². The van der Waals surface area contributed by atoms with Crippen LogP contribution in [-0.2, 0) is 6.54 Å². The van der Waals surface area contributed by atoms with E-state index in [2.05, 4.69) is 10.2 Å². The Hall–Kier alpha value is -3.35.